The average Bonchev–Trinajstić information content (AvgIpc) is 3.52. The second-order valence-electron chi connectivity index (χ2n) is 11.5. The number of benzene rings is 1. The maximum Gasteiger partial charge on any atom is 0.146 e. The molecule has 3 N–H and O–H groups in total. The quantitative estimate of drug-likeness (QED) is 0.515. The molecule has 0 spiro atoms. The predicted molar refractivity (Wildman–Crippen MR) is 140 cm³/mol. The van der Waals surface area contributed by atoms with E-state index >= 15 is 0 Å². The molecule has 8 nitrogen and oxygen atoms in total. The van der Waals surface area contributed by atoms with E-state index < -0.39 is 0 Å². The molecule has 2 saturated heterocycles. The molecule has 1 saturated carbocycles. The van der Waals surface area contributed by atoms with Crippen LogP contribution in [0.2, 0.25) is 0 Å². The third kappa shape index (κ3) is 4.69. The van der Waals surface area contributed by atoms with Gasteiger partial charge >= 0.3 is 0 Å². The molecule has 1 aromatic carbocycles. The van der Waals surface area contributed by atoms with Gasteiger partial charge in [-0.2, -0.15) is 0 Å². The van der Waals surface area contributed by atoms with Crippen molar-refractivity contribution in [1.29, 1.82) is 0 Å². The molecule has 2 atom stereocenters. The summed E-state index contributed by atoms with van der Waals surface area (Å²) in [7, 11) is 0. The number of ether oxygens (including phenoxy) is 2. The van der Waals surface area contributed by atoms with Crippen LogP contribution in [0.15, 0.2) is 36.8 Å². The van der Waals surface area contributed by atoms with Crippen LogP contribution in [-0.4, -0.2) is 68.6 Å². The second-order valence-corrected chi connectivity index (χ2v) is 11.5. The molecule has 1 unspecified atom stereocenters. The Bertz CT molecular complexity index is 1240. The highest BCUT2D eigenvalue weighted by Gasteiger charge is 2.35. The van der Waals surface area contributed by atoms with Crippen LogP contribution in [0.3, 0.4) is 0 Å². The van der Waals surface area contributed by atoms with Crippen molar-refractivity contribution in [3.05, 3.63) is 36.8 Å². The van der Waals surface area contributed by atoms with E-state index in [9.17, 15) is 5.11 Å². The summed E-state index contributed by atoms with van der Waals surface area (Å²) in [6.07, 6.45) is 8.92. The fourth-order valence-corrected chi connectivity index (χ4v) is 6.16. The zero-order valence-electron chi connectivity index (χ0n) is 21.3. The lowest BCUT2D eigenvalue weighted by molar-refractivity contribution is -0.0326. The lowest BCUT2D eigenvalue weighted by atomic mass is 9.79. The molecule has 2 aliphatic heterocycles. The number of aliphatic hydroxyl groups is 1. The van der Waals surface area contributed by atoms with Crippen molar-refractivity contribution in [3.8, 4) is 16.9 Å². The molecule has 0 amide bonds. The number of hydrogen-bond donors (Lipinski definition) is 2. The third-order valence-electron chi connectivity index (χ3n) is 8.14. The lowest BCUT2D eigenvalue weighted by Crippen LogP contribution is -2.36. The lowest BCUT2D eigenvalue weighted by Gasteiger charge is -2.38. The SMILES string of the molecule is CC1(C)CCC(COc2cccc(-c3cn([C@H]4C[C@@H](CN5CC[C@@H](O)C5)C4)c4ncnc(N)c34)c2)O1. The van der Waals surface area contributed by atoms with Crippen LogP contribution in [0, 0.1) is 5.92 Å². The third-order valence-corrected chi connectivity index (χ3v) is 8.14. The summed E-state index contributed by atoms with van der Waals surface area (Å²) < 4.78 is 14.5. The maximum absolute atomic E-state index is 9.83. The van der Waals surface area contributed by atoms with Crippen LogP contribution in [0.5, 0.6) is 5.75 Å². The van der Waals surface area contributed by atoms with E-state index in [4.69, 9.17) is 15.2 Å². The first-order valence-corrected chi connectivity index (χ1v) is 13.3. The predicted octanol–water partition coefficient (Wildman–Crippen LogP) is 4.03. The molecule has 36 heavy (non-hydrogen) atoms. The first-order valence-electron chi connectivity index (χ1n) is 13.3. The van der Waals surface area contributed by atoms with Crippen molar-refractivity contribution in [3.63, 3.8) is 0 Å². The molecule has 6 rings (SSSR count). The van der Waals surface area contributed by atoms with Gasteiger partial charge in [-0.15, -0.1) is 0 Å². The van der Waals surface area contributed by atoms with Crippen molar-refractivity contribution in [1.82, 2.24) is 19.4 Å². The van der Waals surface area contributed by atoms with Crippen LogP contribution in [-0.2, 0) is 4.74 Å². The van der Waals surface area contributed by atoms with Gasteiger partial charge in [0.05, 0.1) is 23.2 Å². The number of anilines is 1. The molecule has 0 radical (unpaired) electrons. The minimum absolute atomic E-state index is 0.0640. The molecular formula is C28H37N5O3. The van der Waals surface area contributed by atoms with E-state index in [1.54, 1.807) is 6.33 Å². The number of rotatable bonds is 7. The van der Waals surface area contributed by atoms with Gasteiger partial charge in [-0.05, 0) is 69.6 Å². The van der Waals surface area contributed by atoms with Gasteiger partial charge in [-0.25, -0.2) is 9.97 Å². The number of nitrogens with zero attached hydrogens (tertiary/aromatic N) is 4. The normalized spacial score (nSPS) is 28.0. The van der Waals surface area contributed by atoms with Gasteiger partial charge in [-0.3, -0.25) is 0 Å². The molecule has 3 fully saturated rings. The Balaban J connectivity index is 1.20. The fraction of sp³-hybridized carbons (Fsp3) is 0.571. The molecule has 3 aromatic rings. The van der Waals surface area contributed by atoms with Crippen molar-refractivity contribution >= 4 is 16.9 Å². The first kappa shape index (κ1) is 23.7. The van der Waals surface area contributed by atoms with E-state index in [0.29, 0.717) is 24.4 Å². The Kier molecular flexibility index (Phi) is 6.14. The zero-order valence-corrected chi connectivity index (χ0v) is 21.3. The topological polar surface area (TPSA) is 98.7 Å². The Morgan fingerprint density at radius 1 is 1.22 bits per heavy atom. The Morgan fingerprint density at radius 3 is 2.83 bits per heavy atom. The van der Waals surface area contributed by atoms with Gasteiger partial charge in [0.25, 0.3) is 0 Å². The summed E-state index contributed by atoms with van der Waals surface area (Å²) in [5.74, 6) is 1.98. The highest BCUT2D eigenvalue weighted by molar-refractivity contribution is 6.00. The molecular weight excluding hydrogens is 454 g/mol. The largest absolute Gasteiger partial charge is 0.491 e. The van der Waals surface area contributed by atoms with E-state index in [0.717, 1.165) is 79.6 Å². The number of β-amino-alcohol motifs (C(OH)–C–C–N with tert-alkyl or cyclic N) is 1. The van der Waals surface area contributed by atoms with Crippen LogP contribution < -0.4 is 10.5 Å². The Labute approximate surface area is 212 Å². The van der Waals surface area contributed by atoms with Crippen LogP contribution in [0.4, 0.5) is 5.82 Å². The van der Waals surface area contributed by atoms with Crippen LogP contribution in [0.25, 0.3) is 22.2 Å². The highest BCUT2D eigenvalue weighted by Crippen LogP contribution is 2.43. The van der Waals surface area contributed by atoms with Gasteiger partial charge in [0.2, 0.25) is 0 Å². The van der Waals surface area contributed by atoms with Gasteiger partial charge in [0, 0.05) is 37.4 Å². The summed E-state index contributed by atoms with van der Waals surface area (Å²) in [6.45, 7) is 7.71. The standard InChI is InChI=1S/C28H37N5O3/c1-28(2)8-6-23(36-28)16-35-22-5-3-4-19(12-22)24-15-33(27-25(24)26(29)30-17-31-27)20-10-18(11-20)13-32-9-7-21(34)14-32/h3-5,12,15,17-18,20-21,23,34H,6-11,13-14,16H2,1-2H3,(H2,29,30,31)/t18-,20+,21-,23?/m1/s1. The molecule has 192 valence electrons. The summed E-state index contributed by atoms with van der Waals surface area (Å²) in [6, 6.07) is 8.59. The van der Waals surface area contributed by atoms with E-state index in [1.165, 1.54) is 0 Å². The minimum Gasteiger partial charge on any atom is -0.491 e. The van der Waals surface area contributed by atoms with Gasteiger partial charge in [0.1, 0.15) is 30.1 Å². The monoisotopic (exact) mass is 491 g/mol. The highest BCUT2D eigenvalue weighted by atomic mass is 16.6. The molecule has 8 heteroatoms. The van der Waals surface area contributed by atoms with Crippen molar-refractivity contribution in [2.45, 2.75) is 69.8 Å². The van der Waals surface area contributed by atoms with Crippen LogP contribution >= 0.6 is 0 Å². The smallest absolute Gasteiger partial charge is 0.146 e. The number of likely N-dealkylation sites (tertiary alicyclic amines) is 1. The molecule has 2 aromatic heterocycles. The number of aromatic nitrogens is 3. The number of nitrogen functional groups attached to an aromatic ring is 1. The van der Waals surface area contributed by atoms with E-state index in [2.05, 4.69) is 51.6 Å². The Hall–Kier alpha value is -2.68. The summed E-state index contributed by atoms with van der Waals surface area (Å²) in [5, 5.41) is 10.7. The summed E-state index contributed by atoms with van der Waals surface area (Å²) in [4.78, 5) is 11.3. The first-order chi connectivity index (χ1) is 17.3. The average molecular weight is 492 g/mol. The van der Waals surface area contributed by atoms with Crippen LogP contribution in [0.1, 0.15) is 52.0 Å². The van der Waals surface area contributed by atoms with E-state index in [1.807, 2.05) is 12.1 Å². The summed E-state index contributed by atoms with van der Waals surface area (Å²) in [5.41, 5.74) is 9.30. The molecule has 0 bridgehead atoms. The van der Waals surface area contributed by atoms with Crippen molar-refractivity contribution in [2.24, 2.45) is 5.92 Å². The number of hydrogen-bond acceptors (Lipinski definition) is 7. The Morgan fingerprint density at radius 2 is 2.08 bits per heavy atom. The van der Waals surface area contributed by atoms with Crippen molar-refractivity contribution < 1.29 is 14.6 Å². The van der Waals surface area contributed by atoms with Gasteiger partial charge in [-0.1, -0.05) is 12.1 Å². The molecule has 3 aliphatic rings. The minimum atomic E-state index is -0.159. The second kappa shape index (κ2) is 9.32. The number of fused-ring (bicyclic) bond motifs is 1. The number of nitrogens with two attached hydrogens (primary N) is 1. The summed E-state index contributed by atoms with van der Waals surface area (Å²) >= 11 is 0. The maximum atomic E-state index is 9.83. The van der Waals surface area contributed by atoms with Crippen molar-refractivity contribution in [2.75, 3.05) is 32.0 Å². The molecule has 4 heterocycles. The van der Waals surface area contributed by atoms with Gasteiger partial charge in [0.15, 0.2) is 0 Å². The zero-order chi connectivity index (χ0) is 24.9. The number of aliphatic hydroxyl groups excluding tert-OH is 1. The molecule has 1 aliphatic carbocycles. The van der Waals surface area contributed by atoms with E-state index in [-0.39, 0.29) is 17.8 Å². The fourth-order valence-electron chi connectivity index (χ4n) is 6.16. The van der Waals surface area contributed by atoms with Gasteiger partial charge < -0.3 is 29.8 Å².